The number of nitro benzene ring substituents is 1. The second-order valence-corrected chi connectivity index (χ2v) is 8.16. The molecule has 0 heterocycles. The molecule has 0 saturated carbocycles. The summed E-state index contributed by atoms with van der Waals surface area (Å²) in [5.41, 5.74) is 6.72. The Labute approximate surface area is 160 Å². The van der Waals surface area contributed by atoms with E-state index in [0.29, 0.717) is 0 Å². The van der Waals surface area contributed by atoms with Crippen LogP contribution in [0.15, 0.2) is 57.9 Å². The Morgan fingerprint density at radius 2 is 1.84 bits per heavy atom. The summed E-state index contributed by atoms with van der Waals surface area (Å²) in [7, 11) is -2.35. The minimum Gasteiger partial charge on any atom is -0.323 e. The van der Waals surface area contributed by atoms with Gasteiger partial charge < -0.3 is 5.73 Å². The molecule has 0 saturated heterocycles. The summed E-state index contributed by atoms with van der Waals surface area (Å²) in [6.45, 7) is 0.0791. The lowest BCUT2D eigenvalue weighted by molar-refractivity contribution is -0.384. The highest BCUT2D eigenvalue weighted by atomic mass is 79.9. The second kappa shape index (κ2) is 8.72. The molecule has 0 amide bonds. The van der Waals surface area contributed by atoms with Crippen molar-refractivity contribution in [1.29, 1.82) is 0 Å². The number of sulfonamides is 1. The standard InChI is InChI=1S/C15H16BrN3O4S.ClH/c1-18(10-15(17)11-3-2-4-12(16)9-11)24(22,23)14-7-5-13(6-8-14)19(20)21;/h2-9,15H,10,17H2,1H3;1H/t15-;/m0./s1. The molecule has 0 aromatic heterocycles. The van der Waals surface area contributed by atoms with Crippen molar-refractivity contribution >= 4 is 44.0 Å². The summed E-state index contributed by atoms with van der Waals surface area (Å²) < 4.78 is 27.1. The zero-order valence-corrected chi connectivity index (χ0v) is 16.4. The van der Waals surface area contributed by atoms with Gasteiger partial charge in [0.25, 0.3) is 5.69 Å². The Bertz CT molecular complexity index is 846. The van der Waals surface area contributed by atoms with Crippen molar-refractivity contribution in [2.75, 3.05) is 13.6 Å². The van der Waals surface area contributed by atoms with Crippen LogP contribution in [0.1, 0.15) is 11.6 Å². The van der Waals surface area contributed by atoms with Crippen molar-refractivity contribution in [3.05, 3.63) is 68.7 Å². The molecule has 0 spiro atoms. The van der Waals surface area contributed by atoms with E-state index in [1.54, 1.807) is 0 Å². The number of benzene rings is 2. The van der Waals surface area contributed by atoms with E-state index in [4.69, 9.17) is 5.73 Å². The number of likely N-dealkylation sites (N-methyl/N-ethyl adjacent to an activating group) is 1. The highest BCUT2D eigenvalue weighted by Crippen LogP contribution is 2.22. The van der Waals surface area contributed by atoms with Gasteiger partial charge in [-0.3, -0.25) is 10.1 Å². The van der Waals surface area contributed by atoms with E-state index in [-0.39, 0.29) is 29.5 Å². The summed E-state index contributed by atoms with van der Waals surface area (Å²) in [5, 5.41) is 10.7. The van der Waals surface area contributed by atoms with Crippen LogP contribution >= 0.6 is 28.3 Å². The maximum Gasteiger partial charge on any atom is 0.269 e. The van der Waals surface area contributed by atoms with Crippen LogP contribution in [0.25, 0.3) is 0 Å². The zero-order valence-electron chi connectivity index (χ0n) is 13.2. The van der Waals surface area contributed by atoms with E-state index in [2.05, 4.69) is 15.9 Å². The number of hydrogen-bond acceptors (Lipinski definition) is 5. The van der Waals surface area contributed by atoms with Gasteiger partial charge in [0, 0.05) is 36.2 Å². The van der Waals surface area contributed by atoms with E-state index in [0.717, 1.165) is 26.5 Å². The van der Waals surface area contributed by atoms with Gasteiger partial charge in [-0.25, -0.2) is 8.42 Å². The monoisotopic (exact) mass is 449 g/mol. The lowest BCUT2D eigenvalue weighted by atomic mass is 10.1. The van der Waals surface area contributed by atoms with Crippen LogP contribution in [0.5, 0.6) is 0 Å². The first-order chi connectivity index (χ1) is 11.2. The van der Waals surface area contributed by atoms with Crippen LogP contribution in [0.4, 0.5) is 5.69 Å². The van der Waals surface area contributed by atoms with E-state index in [1.165, 1.54) is 19.2 Å². The molecule has 2 aromatic rings. The fourth-order valence-electron chi connectivity index (χ4n) is 2.14. The predicted octanol–water partition coefficient (Wildman–Crippen LogP) is 3.10. The molecule has 2 N–H and O–H groups in total. The molecular formula is C15H17BrClN3O4S. The van der Waals surface area contributed by atoms with Crippen LogP contribution in [-0.2, 0) is 10.0 Å². The van der Waals surface area contributed by atoms with E-state index in [1.807, 2.05) is 24.3 Å². The van der Waals surface area contributed by atoms with Crippen LogP contribution in [-0.4, -0.2) is 31.2 Å². The van der Waals surface area contributed by atoms with Crippen LogP contribution in [0.2, 0.25) is 0 Å². The van der Waals surface area contributed by atoms with Gasteiger partial charge in [0.1, 0.15) is 0 Å². The third-order valence-electron chi connectivity index (χ3n) is 3.49. The summed E-state index contributed by atoms with van der Waals surface area (Å²) >= 11 is 3.35. The first-order valence-corrected chi connectivity index (χ1v) is 9.17. The SMILES string of the molecule is CN(C[C@H](N)c1cccc(Br)c1)S(=O)(=O)c1ccc([N+](=O)[O-])cc1.Cl. The fraction of sp³-hybridized carbons (Fsp3) is 0.200. The number of halogens is 2. The molecule has 0 fully saturated rings. The first-order valence-electron chi connectivity index (χ1n) is 6.93. The number of rotatable bonds is 6. The highest BCUT2D eigenvalue weighted by molar-refractivity contribution is 9.10. The fourth-order valence-corrected chi connectivity index (χ4v) is 3.75. The average Bonchev–Trinajstić information content (AvgIpc) is 2.54. The van der Waals surface area contributed by atoms with Crippen molar-refractivity contribution < 1.29 is 13.3 Å². The molecule has 2 aromatic carbocycles. The maximum atomic E-state index is 12.5. The first kappa shape index (κ1) is 21.5. The highest BCUT2D eigenvalue weighted by Gasteiger charge is 2.24. The second-order valence-electron chi connectivity index (χ2n) is 5.20. The summed E-state index contributed by atoms with van der Waals surface area (Å²) in [6, 6.07) is 11.6. The van der Waals surface area contributed by atoms with Crippen LogP contribution < -0.4 is 5.73 Å². The number of hydrogen-bond donors (Lipinski definition) is 1. The Kier molecular flexibility index (Phi) is 7.51. The molecule has 0 aliphatic carbocycles. The van der Waals surface area contributed by atoms with Gasteiger partial charge in [0.2, 0.25) is 10.0 Å². The molecule has 7 nitrogen and oxygen atoms in total. The molecule has 2 rings (SSSR count). The third kappa shape index (κ3) is 5.23. The maximum absolute atomic E-state index is 12.5. The Hall–Kier alpha value is -1.52. The van der Waals surface area contributed by atoms with Gasteiger partial charge in [-0.05, 0) is 29.8 Å². The molecule has 0 bridgehead atoms. The van der Waals surface area contributed by atoms with Gasteiger partial charge in [-0.2, -0.15) is 4.31 Å². The zero-order chi connectivity index (χ0) is 17.9. The normalized spacial score (nSPS) is 12.5. The molecular weight excluding hydrogens is 434 g/mol. The summed E-state index contributed by atoms with van der Waals surface area (Å²) in [6.07, 6.45) is 0. The van der Waals surface area contributed by atoms with Crippen molar-refractivity contribution in [1.82, 2.24) is 4.31 Å². The summed E-state index contributed by atoms with van der Waals surface area (Å²) in [5.74, 6) is 0. The molecule has 10 heteroatoms. The Morgan fingerprint density at radius 3 is 2.36 bits per heavy atom. The molecule has 1 atom stereocenters. The smallest absolute Gasteiger partial charge is 0.269 e. The lowest BCUT2D eigenvalue weighted by Crippen LogP contribution is -2.34. The minimum absolute atomic E-state index is 0. The van der Waals surface area contributed by atoms with Gasteiger partial charge >= 0.3 is 0 Å². The minimum atomic E-state index is -3.78. The average molecular weight is 451 g/mol. The molecule has 0 aliphatic heterocycles. The van der Waals surface area contributed by atoms with Crippen molar-refractivity contribution in [3.63, 3.8) is 0 Å². The Balaban J connectivity index is 0.00000312. The van der Waals surface area contributed by atoms with E-state index in [9.17, 15) is 18.5 Å². The Morgan fingerprint density at radius 1 is 1.24 bits per heavy atom. The molecule has 25 heavy (non-hydrogen) atoms. The third-order valence-corrected chi connectivity index (χ3v) is 5.82. The summed E-state index contributed by atoms with van der Waals surface area (Å²) in [4.78, 5) is 10.1. The molecule has 0 aliphatic rings. The quantitative estimate of drug-likeness (QED) is 0.537. The van der Waals surface area contributed by atoms with Gasteiger partial charge in [0.15, 0.2) is 0 Å². The van der Waals surface area contributed by atoms with Gasteiger partial charge in [-0.15, -0.1) is 12.4 Å². The van der Waals surface area contributed by atoms with Crippen molar-refractivity contribution in [3.8, 4) is 0 Å². The van der Waals surface area contributed by atoms with Crippen molar-refractivity contribution in [2.24, 2.45) is 5.73 Å². The number of non-ortho nitro benzene ring substituents is 1. The van der Waals surface area contributed by atoms with E-state index < -0.39 is 21.0 Å². The largest absolute Gasteiger partial charge is 0.323 e. The van der Waals surface area contributed by atoms with Gasteiger partial charge in [0.05, 0.1) is 9.82 Å². The van der Waals surface area contributed by atoms with Crippen molar-refractivity contribution in [2.45, 2.75) is 10.9 Å². The van der Waals surface area contributed by atoms with Crippen LogP contribution in [0, 0.1) is 10.1 Å². The molecule has 136 valence electrons. The number of nitro groups is 1. The topological polar surface area (TPSA) is 107 Å². The number of nitrogens with two attached hydrogens (primary N) is 1. The van der Waals surface area contributed by atoms with Gasteiger partial charge in [-0.1, -0.05) is 28.1 Å². The lowest BCUT2D eigenvalue weighted by Gasteiger charge is -2.21. The molecule has 0 radical (unpaired) electrons. The molecule has 0 unspecified atom stereocenters. The number of nitrogens with zero attached hydrogens (tertiary/aromatic N) is 2. The predicted molar refractivity (Wildman–Crippen MR) is 101 cm³/mol. The van der Waals surface area contributed by atoms with E-state index >= 15 is 0 Å². The van der Waals surface area contributed by atoms with Crippen LogP contribution in [0.3, 0.4) is 0 Å².